The van der Waals surface area contributed by atoms with Gasteiger partial charge in [-0.2, -0.15) is 0 Å². The molecule has 1 aliphatic heterocycles. The van der Waals surface area contributed by atoms with E-state index < -0.39 is 0 Å². The van der Waals surface area contributed by atoms with E-state index in [4.69, 9.17) is 0 Å². The van der Waals surface area contributed by atoms with Crippen LogP contribution in [0.5, 0.6) is 0 Å². The Morgan fingerprint density at radius 3 is 2.93 bits per heavy atom. The maximum Gasteiger partial charge on any atom is 0.337 e. The molecular formula is C9H10BrN3O2. The molecule has 0 bridgehead atoms. The Morgan fingerprint density at radius 1 is 1.53 bits per heavy atom. The van der Waals surface area contributed by atoms with Crippen molar-refractivity contribution in [1.82, 2.24) is 5.53 Å². The van der Waals surface area contributed by atoms with E-state index in [-0.39, 0.29) is 5.97 Å². The molecule has 0 radical (unpaired) electrons. The smallest absolute Gasteiger partial charge is 0.337 e. The lowest BCUT2D eigenvalue weighted by molar-refractivity contribution is 0.0601. The third-order valence-corrected chi connectivity index (χ3v) is 2.78. The minimum absolute atomic E-state index is 0.352. The standard InChI is InChI=1S/C9H10BrN3O2/c1-13-8-6(10)3-5(9(14)15-2)4-7(8)11-12-13/h3-4,11-12H,1-2H3. The van der Waals surface area contributed by atoms with Gasteiger partial charge < -0.3 is 10.2 Å². The van der Waals surface area contributed by atoms with Crippen LogP contribution in [0, 0.1) is 0 Å². The van der Waals surface area contributed by atoms with Crippen molar-refractivity contribution in [1.29, 1.82) is 0 Å². The van der Waals surface area contributed by atoms with E-state index in [1.54, 1.807) is 12.1 Å². The van der Waals surface area contributed by atoms with Gasteiger partial charge >= 0.3 is 5.97 Å². The minimum atomic E-state index is -0.352. The molecule has 0 spiro atoms. The van der Waals surface area contributed by atoms with Crippen LogP contribution in [0.4, 0.5) is 11.4 Å². The number of benzene rings is 1. The minimum Gasteiger partial charge on any atom is -0.465 e. The number of hydrogen-bond donors (Lipinski definition) is 2. The predicted molar refractivity (Wildman–Crippen MR) is 60.6 cm³/mol. The number of carbonyl (C=O) groups is 1. The first kappa shape index (κ1) is 10.3. The zero-order chi connectivity index (χ0) is 11.0. The summed E-state index contributed by atoms with van der Waals surface area (Å²) in [7, 11) is 3.24. The van der Waals surface area contributed by atoms with Crippen LogP contribution in [0.2, 0.25) is 0 Å². The highest BCUT2D eigenvalue weighted by Gasteiger charge is 2.21. The SMILES string of the molecule is COC(=O)c1cc(Br)c2c(c1)NNN2C. The number of nitrogens with one attached hydrogen (secondary N) is 2. The Labute approximate surface area is 95.5 Å². The van der Waals surface area contributed by atoms with Crippen LogP contribution in [0.3, 0.4) is 0 Å². The van der Waals surface area contributed by atoms with E-state index in [2.05, 4.69) is 31.6 Å². The van der Waals surface area contributed by atoms with E-state index in [9.17, 15) is 4.79 Å². The molecule has 0 aliphatic carbocycles. The number of ether oxygens (including phenoxy) is 1. The summed E-state index contributed by atoms with van der Waals surface area (Å²) in [6, 6.07) is 3.47. The Hall–Kier alpha value is -1.27. The summed E-state index contributed by atoms with van der Waals surface area (Å²) in [5.74, 6) is -0.352. The van der Waals surface area contributed by atoms with Gasteiger partial charge in [0, 0.05) is 11.5 Å². The molecule has 6 heteroatoms. The number of carbonyl (C=O) groups excluding carboxylic acids is 1. The number of nitrogens with zero attached hydrogens (tertiary/aromatic N) is 1. The third-order valence-electron chi connectivity index (χ3n) is 2.18. The summed E-state index contributed by atoms with van der Waals surface area (Å²) < 4.78 is 5.49. The molecule has 1 heterocycles. The van der Waals surface area contributed by atoms with Gasteiger partial charge in [0.25, 0.3) is 0 Å². The number of methoxy groups -OCH3 is 1. The normalized spacial score (nSPS) is 13.4. The molecule has 1 aromatic carbocycles. The summed E-state index contributed by atoms with van der Waals surface area (Å²) in [5.41, 5.74) is 8.17. The van der Waals surface area contributed by atoms with Gasteiger partial charge in [-0.3, -0.25) is 5.01 Å². The fourth-order valence-corrected chi connectivity index (χ4v) is 2.20. The van der Waals surface area contributed by atoms with E-state index in [0.717, 1.165) is 15.8 Å². The van der Waals surface area contributed by atoms with Crippen LogP contribution in [-0.2, 0) is 4.74 Å². The van der Waals surface area contributed by atoms with Crippen molar-refractivity contribution in [2.45, 2.75) is 0 Å². The van der Waals surface area contributed by atoms with Gasteiger partial charge in [0.2, 0.25) is 0 Å². The molecule has 0 fully saturated rings. The van der Waals surface area contributed by atoms with Crippen molar-refractivity contribution >= 4 is 33.3 Å². The second kappa shape index (κ2) is 3.71. The summed E-state index contributed by atoms with van der Waals surface area (Å²) in [5, 5.41) is 1.82. The zero-order valence-corrected chi connectivity index (χ0v) is 9.88. The maximum absolute atomic E-state index is 11.3. The molecule has 2 N–H and O–H groups in total. The van der Waals surface area contributed by atoms with Gasteiger partial charge in [0.1, 0.15) is 0 Å². The van der Waals surface area contributed by atoms with E-state index >= 15 is 0 Å². The van der Waals surface area contributed by atoms with Crippen LogP contribution < -0.4 is 16.0 Å². The monoisotopic (exact) mass is 271 g/mol. The van der Waals surface area contributed by atoms with Crippen LogP contribution in [0.25, 0.3) is 0 Å². The van der Waals surface area contributed by atoms with Gasteiger partial charge in [-0.15, -0.1) is 5.53 Å². The van der Waals surface area contributed by atoms with Gasteiger partial charge in [-0.25, -0.2) is 4.79 Å². The molecule has 80 valence electrons. The first-order chi connectivity index (χ1) is 7.13. The first-order valence-electron chi connectivity index (χ1n) is 4.30. The number of esters is 1. The van der Waals surface area contributed by atoms with E-state index in [1.165, 1.54) is 7.11 Å². The van der Waals surface area contributed by atoms with E-state index in [0.29, 0.717) is 5.56 Å². The largest absolute Gasteiger partial charge is 0.465 e. The molecule has 0 saturated heterocycles. The van der Waals surface area contributed by atoms with Gasteiger partial charge in [-0.1, -0.05) is 0 Å². The number of fused-ring (bicyclic) bond motifs is 1. The predicted octanol–water partition coefficient (Wildman–Crippen LogP) is 1.52. The Morgan fingerprint density at radius 2 is 2.27 bits per heavy atom. The molecule has 0 atom stereocenters. The highest BCUT2D eigenvalue weighted by Crippen LogP contribution is 2.36. The van der Waals surface area contributed by atoms with Crippen LogP contribution >= 0.6 is 15.9 Å². The molecule has 5 nitrogen and oxygen atoms in total. The lowest BCUT2D eigenvalue weighted by Crippen LogP contribution is -2.31. The van der Waals surface area contributed by atoms with Crippen molar-refractivity contribution in [2.75, 3.05) is 24.6 Å². The highest BCUT2D eigenvalue weighted by atomic mass is 79.9. The highest BCUT2D eigenvalue weighted by molar-refractivity contribution is 9.10. The van der Waals surface area contributed by atoms with Crippen molar-refractivity contribution in [3.8, 4) is 0 Å². The number of halogens is 1. The van der Waals surface area contributed by atoms with Crippen LogP contribution in [0.1, 0.15) is 10.4 Å². The molecular weight excluding hydrogens is 262 g/mol. The number of hydrogen-bond acceptors (Lipinski definition) is 5. The lowest BCUT2D eigenvalue weighted by atomic mass is 10.2. The van der Waals surface area contributed by atoms with Crippen molar-refractivity contribution < 1.29 is 9.53 Å². The molecule has 0 saturated carbocycles. The van der Waals surface area contributed by atoms with Crippen molar-refractivity contribution in [3.63, 3.8) is 0 Å². The fraction of sp³-hybridized carbons (Fsp3) is 0.222. The molecule has 0 unspecified atom stereocenters. The second-order valence-electron chi connectivity index (χ2n) is 3.14. The zero-order valence-electron chi connectivity index (χ0n) is 8.30. The molecule has 2 rings (SSSR count). The molecule has 1 aliphatic rings. The molecule has 0 amide bonds. The molecule has 15 heavy (non-hydrogen) atoms. The first-order valence-corrected chi connectivity index (χ1v) is 5.10. The Kier molecular flexibility index (Phi) is 2.54. The average Bonchev–Trinajstić information content (AvgIpc) is 2.59. The van der Waals surface area contributed by atoms with Crippen LogP contribution in [0.15, 0.2) is 16.6 Å². The molecule has 1 aromatic rings. The average molecular weight is 272 g/mol. The topological polar surface area (TPSA) is 53.6 Å². The van der Waals surface area contributed by atoms with Gasteiger partial charge in [0.15, 0.2) is 0 Å². The van der Waals surface area contributed by atoms with Crippen molar-refractivity contribution in [2.24, 2.45) is 0 Å². The number of hydrazine groups is 2. The quantitative estimate of drug-likeness (QED) is 0.759. The Bertz CT molecular complexity index is 422. The molecule has 0 aromatic heterocycles. The summed E-state index contributed by atoms with van der Waals surface area (Å²) in [4.78, 5) is 11.3. The summed E-state index contributed by atoms with van der Waals surface area (Å²) >= 11 is 3.41. The summed E-state index contributed by atoms with van der Waals surface area (Å²) in [6.45, 7) is 0. The third kappa shape index (κ3) is 1.66. The maximum atomic E-state index is 11.3. The summed E-state index contributed by atoms with van der Waals surface area (Å²) in [6.07, 6.45) is 0. The number of rotatable bonds is 1. The van der Waals surface area contributed by atoms with Crippen LogP contribution in [-0.4, -0.2) is 20.1 Å². The van der Waals surface area contributed by atoms with Crippen molar-refractivity contribution in [3.05, 3.63) is 22.2 Å². The second-order valence-corrected chi connectivity index (χ2v) is 4.00. The lowest BCUT2D eigenvalue weighted by Gasteiger charge is -2.11. The number of anilines is 2. The van der Waals surface area contributed by atoms with E-state index in [1.807, 2.05) is 12.1 Å². The fourth-order valence-electron chi connectivity index (χ4n) is 1.47. The van der Waals surface area contributed by atoms with Gasteiger partial charge in [0.05, 0.1) is 24.0 Å². The Balaban J connectivity index is 2.49. The van der Waals surface area contributed by atoms with Gasteiger partial charge in [-0.05, 0) is 28.1 Å².